The number of thiazole rings is 1. The van der Waals surface area contributed by atoms with Crippen LogP contribution >= 0.6 is 11.3 Å². The van der Waals surface area contributed by atoms with Crippen molar-refractivity contribution < 1.29 is 9.53 Å². The number of hydrogen-bond acceptors (Lipinski definition) is 5. The van der Waals surface area contributed by atoms with Crippen molar-refractivity contribution in [2.75, 3.05) is 13.2 Å². The van der Waals surface area contributed by atoms with Crippen LogP contribution in [0.5, 0.6) is 0 Å². The number of nitrogens with two attached hydrogens (primary N) is 1. The number of aryl methyl sites for hydroxylation is 2. The quantitative estimate of drug-likeness (QED) is 0.881. The molecule has 1 aliphatic carbocycles. The van der Waals surface area contributed by atoms with Crippen LogP contribution in [0, 0.1) is 5.92 Å². The van der Waals surface area contributed by atoms with Gasteiger partial charge in [0.2, 0.25) is 5.91 Å². The van der Waals surface area contributed by atoms with Crippen LogP contribution in [0.2, 0.25) is 0 Å². The molecule has 1 atom stereocenters. The molecule has 116 valence electrons. The van der Waals surface area contributed by atoms with Gasteiger partial charge in [-0.25, -0.2) is 4.98 Å². The molecule has 6 heteroatoms. The predicted octanol–water partition coefficient (Wildman–Crippen LogP) is 1.39. The number of fused-ring (bicyclic) bond motifs is 1. The highest BCUT2D eigenvalue weighted by molar-refractivity contribution is 7.11. The fourth-order valence-electron chi connectivity index (χ4n) is 3.05. The summed E-state index contributed by atoms with van der Waals surface area (Å²) in [4.78, 5) is 18.2. The molecule has 21 heavy (non-hydrogen) atoms. The molecule has 0 aromatic carbocycles. The normalized spacial score (nSPS) is 20.8. The van der Waals surface area contributed by atoms with Crippen molar-refractivity contribution in [3.05, 3.63) is 15.6 Å². The van der Waals surface area contributed by atoms with E-state index >= 15 is 0 Å². The second-order valence-corrected chi connectivity index (χ2v) is 7.05. The van der Waals surface area contributed by atoms with Gasteiger partial charge in [-0.1, -0.05) is 0 Å². The first kappa shape index (κ1) is 14.9. The molecule has 5 nitrogen and oxygen atoms in total. The van der Waals surface area contributed by atoms with E-state index in [-0.39, 0.29) is 11.8 Å². The van der Waals surface area contributed by atoms with E-state index < -0.39 is 6.04 Å². The summed E-state index contributed by atoms with van der Waals surface area (Å²) in [7, 11) is 0. The maximum absolute atomic E-state index is 12.2. The molecule has 1 aliphatic heterocycles. The lowest BCUT2D eigenvalue weighted by Crippen LogP contribution is -2.46. The second kappa shape index (κ2) is 6.85. The van der Waals surface area contributed by atoms with Gasteiger partial charge in [0, 0.05) is 18.1 Å². The standard InChI is InChI=1S/C15H23N3O2S/c16-14(10-5-7-20-8-6-10)15(19)17-9-13-18-11-3-1-2-4-12(11)21-13/h10,14H,1-9,16H2,(H,17,19). The Bertz CT molecular complexity index is 474. The Balaban J connectivity index is 1.51. The second-order valence-electron chi connectivity index (χ2n) is 5.88. The summed E-state index contributed by atoms with van der Waals surface area (Å²) in [5.74, 6) is 0.179. The van der Waals surface area contributed by atoms with Gasteiger partial charge in [-0.05, 0) is 44.4 Å². The van der Waals surface area contributed by atoms with Crippen molar-refractivity contribution in [3.63, 3.8) is 0 Å². The van der Waals surface area contributed by atoms with Crippen LogP contribution in [-0.4, -0.2) is 30.1 Å². The van der Waals surface area contributed by atoms with E-state index in [2.05, 4.69) is 10.3 Å². The number of carbonyl (C=O) groups excluding carboxylic acids is 1. The van der Waals surface area contributed by atoms with Gasteiger partial charge in [-0.15, -0.1) is 11.3 Å². The van der Waals surface area contributed by atoms with E-state index in [1.807, 2.05) is 0 Å². The van der Waals surface area contributed by atoms with Crippen molar-refractivity contribution in [1.29, 1.82) is 0 Å². The molecule has 2 aliphatic rings. The van der Waals surface area contributed by atoms with Crippen LogP contribution in [0.3, 0.4) is 0 Å². The van der Waals surface area contributed by atoms with E-state index in [0.717, 1.165) is 30.7 Å². The molecule has 1 amide bonds. The Labute approximate surface area is 129 Å². The SMILES string of the molecule is NC(C(=O)NCc1nc2c(s1)CCCC2)C1CCOCC1. The van der Waals surface area contributed by atoms with Crippen molar-refractivity contribution in [1.82, 2.24) is 10.3 Å². The highest BCUT2D eigenvalue weighted by Crippen LogP contribution is 2.26. The number of nitrogens with one attached hydrogen (secondary N) is 1. The molecule has 1 saturated heterocycles. The Morgan fingerprint density at radius 1 is 1.38 bits per heavy atom. The van der Waals surface area contributed by atoms with Crippen LogP contribution in [0.15, 0.2) is 0 Å². The lowest BCUT2D eigenvalue weighted by Gasteiger charge is -2.26. The molecule has 0 saturated carbocycles. The van der Waals surface area contributed by atoms with Gasteiger partial charge in [0.1, 0.15) is 5.01 Å². The third-order valence-electron chi connectivity index (χ3n) is 4.38. The first-order valence-corrected chi connectivity index (χ1v) is 8.64. The molecule has 0 bridgehead atoms. The van der Waals surface area contributed by atoms with Gasteiger partial charge >= 0.3 is 0 Å². The zero-order valence-corrected chi connectivity index (χ0v) is 13.1. The molecule has 1 unspecified atom stereocenters. The molecular formula is C15H23N3O2S. The van der Waals surface area contributed by atoms with E-state index in [9.17, 15) is 4.79 Å². The van der Waals surface area contributed by atoms with Crippen molar-refractivity contribution in [2.24, 2.45) is 11.7 Å². The van der Waals surface area contributed by atoms with Crippen LogP contribution in [0.1, 0.15) is 41.3 Å². The summed E-state index contributed by atoms with van der Waals surface area (Å²) in [5.41, 5.74) is 7.31. The number of rotatable bonds is 4. The minimum atomic E-state index is -0.427. The summed E-state index contributed by atoms with van der Waals surface area (Å²) in [6.07, 6.45) is 6.47. The highest BCUT2D eigenvalue weighted by Gasteiger charge is 2.26. The lowest BCUT2D eigenvalue weighted by molar-refractivity contribution is -0.124. The Morgan fingerprint density at radius 2 is 2.14 bits per heavy atom. The summed E-state index contributed by atoms with van der Waals surface area (Å²) in [5, 5.41) is 3.96. The molecule has 1 aromatic heterocycles. The fraction of sp³-hybridized carbons (Fsp3) is 0.733. The first-order chi connectivity index (χ1) is 10.2. The first-order valence-electron chi connectivity index (χ1n) is 7.82. The number of amides is 1. The largest absolute Gasteiger partial charge is 0.381 e. The fourth-order valence-corrected chi connectivity index (χ4v) is 4.15. The highest BCUT2D eigenvalue weighted by atomic mass is 32.1. The molecule has 1 aromatic rings. The van der Waals surface area contributed by atoms with Gasteiger partial charge in [-0.3, -0.25) is 4.79 Å². The van der Waals surface area contributed by atoms with E-state index in [4.69, 9.17) is 10.5 Å². The van der Waals surface area contributed by atoms with Crippen molar-refractivity contribution in [2.45, 2.75) is 51.1 Å². The van der Waals surface area contributed by atoms with E-state index in [1.54, 1.807) is 11.3 Å². The predicted molar refractivity (Wildman–Crippen MR) is 82.1 cm³/mol. The number of hydrogen-bond donors (Lipinski definition) is 2. The lowest BCUT2D eigenvalue weighted by atomic mass is 9.92. The zero-order chi connectivity index (χ0) is 14.7. The van der Waals surface area contributed by atoms with Gasteiger partial charge in [0.25, 0.3) is 0 Å². The summed E-state index contributed by atoms with van der Waals surface area (Å²) >= 11 is 1.74. The van der Waals surface area contributed by atoms with E-state index in [1.165, 1.54) is 23.4 Å². The minimum absolute atomic E-state index is 0.0601. The third kappa shape index (κ3) is 3.62. The number of carbonyl (C=O) groups is 1. The van der Waals surface area contributed by atoms with E-state index in [0.29, 0.717) is 19.8 Å². The molecule has 3 N–H and O–H groups in total. The van der Waals surface area contributed by atoms with Crippen molar-refractivity contribution in [3.8, 4) is 0 Å². The average molecular weight is 309 g/mol. The zero-order valence-electron chi connectivity index (χ0n) is 12.3. The monoisotopic (exact) mass is 309 g/mol. The number of nitrogens with zero attached hydrogens (tertiary/aromatic N) is 1. The third-order valence-corrected chi connectivity index (χ3v) is 5.54. The van der Waals surface area contributed by atoms with Crippen LogP contribution in [-0.2, 0) is 28.9 Å². The average Bonchev–Trinajstić information content (AvgIpc) is 2.95. The van der Waals surface area contributed by atoms with Gasteiger partial charge in [0.05, 0.1) is 18.3 Å². The number of ether oxygens (including phenoxy) is 1. The maximum Gasteiger partial charge on any atom is 0.237 e. The maximum atomic E-state index is 12.2. The van der Waals surface area contributed by atoms with Gasteiger partial charge < -0.3 is 15.8 Å². The Morgan fingerprint density at radius 3 is 2.90 bits per heavy atom. The Hall–Kier alpha value is -0.980. The van der Waals surface area contributed by atoms with Gasteiger partial charge in [0.15, 0.2) is 0 Å². The van der Waals surface area contributed by atoms with Crippen LogP contribution in [0.25, 0.3) is 0 Å². The van der Waals surface area contributed by atoms with Crippen molar-refractivity contribution >= 4 is 17.2 Å². The topological polar surface area (TPSA) is 77.2 Å². The minimum Gasteiger partial charge on any atom is -0.381 e. The summed E-state index contributed by atoms with van der Waals surface area (Å²) in [6, 6.07) is -0.427. The molecule has 0 spiro atoms. The number of aromatic nitrogens is 1. The van der Waals surface area contributed by atoms with Crippen LogP contribution < -0.4 is 11.1 Å². The Kier molecular flexibility index (Phi) is 4.87. The van der Waals surface area contributed by atoms with Gasteiger partial charge in [-0.2, -0.15) is 0 Å². The summed E-state index contributed by atoms with van der Waals surface area (Å²) < 4.78 is 5.31. The molecule has 1 fully saturated rings. The molecule has 3 rings (SSSR count). The van der Waals surface area contributed by atoms with Crippen LogP contribution in [0.4, 0.5) is 0 Å². The molecule has 0 radical (unpaired) electrons. The smallest absolute Gasteiger partial charge is 0.237 e. The summed E-state index contributed by atoms with van der Waals surface area (Å²) in [6.45, 7) is 1.93. The molecular weight excluding hydrogens is 286 g/mol. The molecule has 2 heterocycles.